The fourth-order valence-corrected chi connectivity index (χ4v) is 4.22. The standard InChI is InChI=1S/C22H23BrN4O4S/c1-3-4-7-25-22-27(26-11-13-8-16(23)20(29)19(9-13)31-2)17(12-32-22)14-5-6-18(28)15(10-14)21(24)30/h5-6,8-12,28-29H,3-4,7H2,1-2H3,(H2,24,30)/b25-22?,26-11-. The van der Waals surface area contributed by atoms with Crippen molar-refractivity contribution in [1.82, 2.24) is 4.68 Å². The summed E-state index contributed by atoms with van der Waals surface area (Å²) in [6, 6.07) is 8.02. The van der Waals surface area contributed by atoms with Crippen LogP contribution < -0.4 is 15.3 Å². The minimum Gasteiger partial charge on any atom is -0.507 e. The van der Waals surface area contributed by atoms with Crippen LogP contribution >= 0.6 is 27.3 Å². The number of hydrogen-bond donors (Lipinski definition) is 3. The first kappa shape index (κ1) is 23.6. The highest BCUT2D eigenvalue weighted by Crippen LogP contribution is 2.34. The van der Waals surface area contributed by atoms with E-state index in [4.69, 9.17) is 10.5 Å². The van der Waals surface area contributed by atoms with Crippen molar-refractivity contribution in [2.45, 2.75) is 19.8 Å². The molecule has 3 aromatic rings. The van der Waals surface area contributed by atoms with Gasteiger partial charge in [-0.15, -0.1) is 11.3 Å². The average Bonchev–Trinajstić information content (AvgIpc) is 3.17. The number of benzene rings is 2. The molecule has 0 radical (unpaired) electrons. The van der Waals surface area contributed by atoms with E-state index >= 15 is 0 Å². The lowest BCUT2D eigenvalue weighted by atomic mass is 10.1. The Kier molecular flexibility index (Phi) is 7.70. The Labute approximate surface area is 197 Å². The van der Waals surface area contributed by atoms with Gasteiger partial charge in [0.25, 0.3) is 5.91 Å². The Balaban J connectivity index is 2.11. The van der Waals surface area contributed by atoms with Crippen molar-refractivity contribution in [3.8, 4) is 28.5 Å². The highest BCUT2D eigenvalue weighted by molar-refractivity contribution is 9.10. The Hall–Kier alpha value is -3.11. The summed E-state index contributed by atoms with van der Waals surface area (Å²) in [5, 5.41) is 26.4. The molecule has 2 aromatic carbocycles. The van der Waals surface area contributed by atoms with Crippen molar-refractivity contribution in [3.63, 3.8) is 0 Å². The molecule has 10 heteroatoms. The number of hydrogen-bond acceptors (Lipinski definition) is 7. The molecule has 0 aliphatic carbocycles. The first-order valence-corrected chi connectivity index (χ1v) is 11.5. The van der Waals surface area contributed by atoms with Gasteiger partial charge < -0.3 is 20.7 Å². The molecule has 0 saturated heterocycles. The van der Waals surface area contributed by atoms with Crippen LogP contribution in [0.5, 0.6) is 17.2 Å². The maximum absolute atomic E-state index is 11.7. The molecule has 1 amide bonds. The number of unbranched alkanes of at least 4 members (excludes halogenated alkanes) is 1. The van der Waals surface area contributed by atoms with Crippen LogP contribution in [0.1, 0.15) is 35.7 Å². The van der Waals surface area contributed by atoms with Crippen LogP contribution in [0.4, 0.5) is 0 Å². The van der Waals surface area contributed by atoms with E-state index in [9.17, 15) is 15.0 Å². The normalized spacial score (nSPS) is 11.9. The van der Waals surface area contributed by atoms with E-state index in [0.717, 1.165) is 12.8 Å². The third-order valence-electron chi connectivity index (χ3n) is 4.59. The lowest BCUT2D eigenvalue weighted by Gasteiger charge is -2.08. The number of thiazole rings is 1. The van der Waals surface area contributed by atoms with Gasteiger partial charge in [-0.2, -0.15) is 5.10 Å². The molecule has 8 nitrogen and oxygen atoms in total. The summed E-state index contributed by atoms with van der Waals surface area (Å²) in [5.74, 6) is -0.579. The second-order valence-corrected chi connectivity index (χ2v) is 8.54. The van der Waals surface area contributed by atoms with Gasteiger partial charge in [0.15, 0.2) is 11.5 Å². The van der Waals surface area contributed by atoms with Gasteiger partial charge in [-0.1, -0.05) is 13.3 Å². The van der Waals surface area contributed by atoms with Crippen LogP contribution in [0.25, 0.3) is 11.3 Å². The van der Waals surface area contributed by atoms with Gasteiger partial charge in [0, 0.05) is 17.5 Å². The number of amides is 1. The molecule has 0 atom stereocenters. The van der Waals surface area contributed by atoms with E-state index < -0.39 is 5.91 Å². The van der Waals surface area contributed by atoms with Crippen molar-refractivity contribution in [3.05, 3.63) is 56.1 Å². The van der Waals surface area contributed by atoms with Crippen LogP contribution in [0.2, 0.25) is 0 Å². The summed E-state index contributed by atoms with van der Waals surface area (Å²) in [4.78, 5) is 17.0. The Morgan fingerprint density at radius 2 is 2.09 bits per heavy atom. The number of phenols is 2. The molecule has 4 N–H and O–H groups in total. The second kappa shape index (κ2) is 10.5. The van der Waals surface area contributed by atoms with Crippen LogP contribution in [-0.4, -0.2) is 40.7 Å². The minimum atomic E-state index is -0.719. The topological polar surface area (TPSA) is 122 Å². The predicted octanol–water partition coefficient (Wildman–Crippen LogP) is 4.08. The fraction of sp³-hybridized carbons (Fsp3) is 0.227. The van der Waals surface area contributed by atoms with E-state index in [-0.39, 0.29) is 17.1 Å². The van der Waals surface area contributed by atoms with Crippen LogP contribution in [0.15, 0.2) is 50.3 Å². The molecule has 0 saturated carbocycles. The van der Waals surface area contributed by atoms with Gasteiger partial charge in [0.05, 0.1) is 29.1 Å². The number of carbonyl (C=O) groups excluding carboxylic acids is 1. The van der Waals surface area contributed by atoms with Gasteiger partial charge in [-0.3, -0.25) is 9.79 Å². The lowest BCUT2D eigenvalue weighted by molar-refractivity contribution is 0.0998. The smallest absolute Gasteiger partial charge is 0.252 e. The van der Waals surface area contributed by atoms with Crippen LogP contribution in [-0.2, 0) is 0 Å². The zero-order valence-corrected chi connectivity index (χ0v) is 20.0. The summed E-state index contributed by atoms with van der Waals surface area (Å²) in [6.45, 7) is 2.76. The summed E-state index contributed by atoms with van der Waals surface area (Å²) in [5.41, 5.74) is 7.46. The van der Waals surface area contributed by atoms with Gasteiger partial charge in [-0.25, -0.2) is 4.68 Å². The minimum absolute atomic E-state index is 0.00635. The van der Waals surface area contributed by atoms with Gasteiger partial charge >= 0.3 is 0 Å². The summed E-state index contributed by atoms with van der Waals surface area (Å²) in [7, 11) is 1.47. The number of nitrogens with two attached hydrogens (primary N) is 1. The highest BCUT2D eigenvalue weighted by atomic mass is 79.9. The maximum Gasteiger partial charge on any atom is 0.252 e. The molecular weight excluding hydrogens is 496 g/mol. The van der Waals surface area contributed by atoms with Crippen molar-refractivity contribution >= 4 is 39.4 Å². The molecule has 168 valence electrons. The number of primary amides is 1. The molecule has 0 aliphatic heterocycles. The fourth-order valence-electron chi connectivity index (χ4n) is 2.89. The Morgan fingerprint density at radius 1 is 1.31 bits per heavy atom. The third-order valence-corrected chi connectivity index (χ3v) is 6.05. The summed E-state index contributed by atoms with van der Waals surface area (Å²) >= 11 is 4.73. The largest absolute Gasteiger partial charge is 0.507 e. The number of halogens is 1. The molecular formula is C22H23BrN4O4S. The number of aromatic nitrogens is 1. The van der Waals surface area contributed by atoms with E-state index in [1.165, 1.54) is 30.6 Å². The number of methoxy groups -OCH3 is 1. The number of aromatic hydroxyl groups is 2. The van der Waals surface area contributed by atoms with Crippen molar-refractivity contribution < 1.29 is 19.7 Å². The summed E-state index contributed by atoms with van der Waals surface area (Å²) in [6.07, 6.45) is 3.59. The number of nitrogens with zero attached hydrogens (tertiary/aromatic N) is 3. The van der Waals surface area contributed by atoms with E-state index in [0.29, 0.717) is 38.4 Å². The molecule has 0 fully saturated rings. The highest BCUT2D eigenvalue weighted by Gasteiger charge is 2.13. The van der Waals surface area contributed by atoms with Crippen LogP contribution in [0.3, 0.4) is 0 Å². The molecule has 32 heavy (non-hydrogen) atoms. The number of phenolic OH excluding ortho intramolecular Hbond substituents is 1. The molecule has 3 rings (SSSR count). The number of rotatable bonds is 8. The lowest BCUT2D eigenvalue weighted by Crippen LogP contribution is -2.14. The molecule has 0 spiro atoms. The van der Waals surface area contributed by atoms with Gasteiger partial charge in [0.1, 0.15) is 5.75 Å². The zero-order chi connectivity index (χ0) is 23.3. The Morgan fingerprint density at radius 3 is 2.78 bits per heavy atom. The second-order valence-electron chi connectivity index (χ2n) is 6.84. The zero-order valence-electron chi connectivity index (χ0n) is 17.6. The van der Waals surface area contributed by atoms with E-state index in [2.05, 4.69) is 32.9 Å². The Bertz CT molecular complexity index is 1230. The number of ether oxygens (including phenoxy) is 1. The van der Waals surface area contributed by atoms with E-state index in [1.54, 1.807) is 29.1 Å². The maximum atomic E-state index is 11.7. The average molecular weight is 519 g/mol. The van der Waals surface area contributed by atoms with Crippen molar-refractivity contribution in [2.75, 3.05) is 13.7 Å². The number of carbonyl (C=O) groups is 1. The molecule has 0 aliphatic rings. The summed E-state index contributed by atoms with van der Waals surface area (Å²) < 4.78 is 7.35. The van der Waals surface area contributed by atoms with Crippen molar-refractivity contribution in [2.24, 2.45) is 15.8 Å². The first-order chi connectivity index (χ1) is 15.3. The van der Waals surface area contributed by atoms with Crippen LogP contribution in [0, 0.1) is 0 Å². The molecule has 1 aromatic heterocycles. The quantitative estimate of drug-likeness (QED) is 0.307. The van der Waals surface area contributed by atoms with Crippen molar-refractivity contribution in [1.29, 1.82) is 0 Å². The van der Waals surface area contributed by atoms with Gasteiger partial charge in [0.2, 0.25) is 4.80 Å². The van der Waals surface area contributed by atoms with E-state index in [1.807, 2.05) is 5.38 Å². The SMILES string of the molecule is CCCCN=c1scc(-c2ccc(O)c(C(N)=O)c2)n1/N=C\c1cc(Br)c(O)c(OC)c1. The third kappa shape index (κ3) is 5.20. The molecule has 0 bridgehead atoms. The predicted molar refractivity (Wildman–Crippen MR) is 129 cm³/mol. The molecule has 0 unspecified atom stereocenters. The van der Waals surface area contributed by atoms with Gasteiger partial charge in [-0.05, 0) is 58.2 Å². The monoisotopic (exact) mass is 518 g/mol. The first-order valence-electron chi connectivity index (χ1n) is 9.80. The molecule has 1 heterocycles.